The van der Waals surface area contributed by atoms with Crippen LogP contribution in [0, 0.1) is 6.92 Å². The van der Waals surface area contributed by atoms with E-state index in [0.29, 0.717) is 10.4 Å². The monoisotopic (exact) mass is 180 g/mol. The maximum atomic E-state index is 11.8. The summed E-state index contributed by atoms with van der Waals surface area (Å²) in [5, 5.41) is 12.3. The van der Waals surface area contributed by atoms with Gasteiger partial charge in [0.1, 0.15) is 6.54 Å². The van der Waals surface area contributed by atoms with Crippen molar-refractivity contribution in [1.29, 1.82) is 0 Å². The number of aromatic hydroxyl groups is 1. The maximum Gasteiger partial charge on any atom is 0.408 e. The summed E-state index contributed by atoms with van der Waals surface area (Å²) < 4.78 is 35.8. The highest BCUT2D eigenvalue weighted by Crippen LogP contribution is 2.20. The van der Waals surface area contributed by atoms with E-state index in [1.165, 1.54) is 13.0 Å². The van der Waals surface area contributed by atoms with Gasteiger partial charge in [-0.15, -0.1) is 0 Å². The third-order valence-electron chi connectivity index (χ3n) is 1.21. The Hall–Kier alpha value is -1.20. The van der Waals surface area contributed by atoms with E-state index in [2.05, 4.69) is 5.10 Å². The summed E-state index contributed by atoms with van der Waals surface area (Å²) >= 11 is 0. The number of halogens is 3. The zero-order valence-corrected chi connectivity index (χ0v) is 6.26. The summed E-state index contributed by atoms with van der Waals surface area (Å²) in [7, 11) is 0. The Labute approximate surface area is 66.4 Å². The summed E-state index contributed by atoms with van der Waals surface area (Å²) in [6, 6.07) is 1.17. The molecule has 68 valence electrons. The van der Waals surface area contributed by atoms with Gasteiger partial charge in [-0.25, -0.2) is 4.68 Å². The molecular formula is C6H7F3N2O. The third kappa shape index (κ3) is 2.14. The first kappa shape index (κ1) is 8.89. The first-order valence-corrected chi connectivity index (χ1v) is 3.18. The van der Waals surface area contributed by atoms with Crippen LogP contribution in [0.3, 0.4) is 0 Å². The lowest BCUT2D eigenvalue weighted by Crippen LogP contribution is -2.18. The molecule has 1 rings (SSSR count). The Kier molecular flexibility index (Phi) is 1.99. The van der Waals surface area contributed by atoms with E-state index in [1.807, 2.05) is 0 Å². The zero-order valence-electron chi connectivity index (χ0n) is 6.26. The number of aromatic nitrogens is 2. The van der Waals surface area contributed by atoms with E-state index in [9.17, 15) is 13.2 Å². The van der Waals surface area contributed by atoms with Gasteiger partial charge in [0.25, 0.3) is 0 Å². The first-order chi connectivity index (χ1) is 5.38. The molecule has 0 spiro atoms. The largest absolute Gasteiger partial charge is 0.493 e. The highest BCUT2D eigenvalue weighted by molar-refractivity contribution is 5.12. The molecular weight excluding hydrogens is 173 g/mol. The van der Waals surface area contributed by atoms with Crippen LogP contribution in [0.4, 0.5) is 13.2 Å². The molecule has 1 aromatic rings. The second-order valence-corrected chi connectivity index (χ2v) is 2.42. The van der Waals surface area contributed by atoms with Gasteiger partial charge in [-0.2, -0.15) is 18.3 Å². The molecule has 1 heterocycles. The molecule has 6 heteroatoms. The van der Waals surface area contributed by atoms with Gasteiger partial charge in [-0.05, 0) is 6.92 Å². The van der Waals surface area contributed by atoms with Crippen molar-refractivity contribution in [3.8, 4) is 5.88 Å². The second kappa shape index (κ2) is 2.69. The number of aryl methyl sites for hydroxylation is 1. The Balaban J connectivity index is 2.82. The smallest absolute Gasteiger partial charge is 0.408 e. The van der Waals surface area contributed by atoms with Crippen molar-refractivity contribution in [3.63, 3.8) is 0 Å². The van der Waals surface area contributed by atoms with Crippen LogP contribution in [-0.4, -0.2) is 21.1 Å². The van der Waals surface area contributed by atoms with Crippen molar-refractivity contribution < 1.29 is 18.3 Å². The van der Waals surface area contributed by atoms with Crippen LogP contribution in [0.25, 0.3) is 0 Å². The molecule has 0 atom stereocenters. The summed E-state index contributed by atoms with van der Waals surface area (Å²) in [5.74, 6) is -0.468. The summed E-state index contributed by atoms with van der Waals surface area (Å²) in [6.45, 7) is 0.249. The quantitative estimate of drug-likeness (QED) is 0.710. The van der Waals surface area contributed by atoms with E-state index in [0.717, 1.165) is 0 Å². The molecule has 0 fully saturated rings. The second-order valence-electron chi connectivity index (χ2n) is 2.42. The van der Waals surface area contributed by atoms with Gasteiger partial charge in [0.05, 0.1) is 5.69 Å². The molecule has 0 saturated carbocycles. The van der Waals surface area contributed by atoms with E-state index < -0.39 is 18.6 Å². The molecule has 0 bridgehead atoms. The van der Waals surface area contributed by atoms with Crippen LogP contribution >= 0.6 is 0 Å². The fourth-order valence-electron chi connectivity index (χ4n) is 0.818. The number of alkyl halides is 3. The average Bonchev–Trinajstić information content (AvgIpc) is 2.06. The lowest BCUT2D eigenvalue weighted by Gasteiger charge is -2.06. The van der Waals surface area contributed by atoms with Gasteiger partial charge in [0, 0.05) is 6.07 Å². The van der Waals surface area contributed by atoms with Crippen LogP contribution in [0.5, 0.6) is 5.88 Å². The van der Waals surface area contributed by atoms with Crippen LogP contribution in [0.2, 0.25) is 0 Å². The minimum Gasteiger partial charge on any atom is -0.493 e. The molecule has 1 N–H and O–H groups in total. The van der Waals surface area contributed by atoms with Crippen LogP contribution < -0.4 is 0 Å². The predicted molar refractivity (Wildman–Crippen MR) is 34.7 cm³/mol. The molecule has 0 aliphatic carbocycles. The standard InChI is InChI=1S/C6H7F3N2O/c1-4-2-5(12)11(10-4)3-6(7,8)9/h2,12H,3H2,1H3. The number of hydrogen-bond acceptors (Lipinski definition) is 2. The fraction of sp³-hybridized carbons (Fsp3) is 0.500. The van der Waals surface area contributed by atoms with Gasteiger partial charge >= 0.3 is 6.18 Å². The van der Waals surface area contributed by atoms with Crippen LogP contribution in [0.15, 0.2) is 6.07 Å². The van der Waals surface area contributed by atoms with Crippen molar-refractivity contribution in [2.75, 3.05) is 0 Å². The molecule has 0 aliphatic heterocycles. The van der Waals surface area contributed by atoms with E-state index >= 15 is 0 Å². The normalized spacial score (nSPS) is 12.0. The number of rotatable bonds is 1. The lowest BCUT2D eigenvalue weighted by molar-refractivity contribution is -0.143. The van der Waals surface area contributed by atoms with Gasteiger partial charge in [-0.3, -0.25) is 0 Å². The lowest BCUT2D eigenvalue weighted by atomic mass is 10.5. The predicted octanol–water partition coefficient (Wildman–Crippen LogP) is 1.46. The van der Waals surface area contributed by atoms with Gasteiger partial charge < -0.3 is 5.11 Å². The molecule has 3 nitrogen and oxygen atoms in total. The molecule has 0 radical (unpaired) electrons. The Morgan fingerprint density at radius 2 is 2.17 bits per heavy atom. The van der Waals surface area contributed by atoms with Gasteiger partial charge in [-0.1, -0.05) is 0 Å². The SMILES string of the molecule is Cc1cc(O)n(CC(F)(F)F)n1. The van der Waals surface area contributed by atoms with Crippen molar-refractivity contribution in [1.82, 2.24) is 9.78 Å². The van der Waals surface area contributed by atoms with Crippen molar-refractivity contribution in [3.05, 3.63) is 11.8 Å². The molecule has 0 saturated heterocycles. The Morgan fingerprint density at radius 3 is 2.50 bits per heavy atom. The van der Waals surface area contributed by atoms with E-state index in [-0.39, 0.29) is 0 Å². The van der Waals surface area contributed by atoms with Gasteiger partial charge in [0.15, 0.2) is 0 Å². The molecule has 0 aromatic carbocycles. The molecule has 0 aliphatic rings. The van der Waals surface area contributed by atoms with Crippen molar-refractivity contribution in [2.24, 2.45) is 0 Å². The van der Waals surface area contributed by atoms with Gasteiger partial charge in [0.2, 0.25) is 5.88 Å². The first-order valence-electron chi connectivity index (χ1n) is 3.18. The number of nitrogens with zero attached hydrogens (tertiary/aromatic N) is 2. The minimum atomic E-state index is -4.35. The van der Waals surface area contributed by atoms with E-state index in [1.54, 1.807) is 0 Å². The minimum absolute atomic E-state index is 0.358. The summed E-state index contributed by atoms with van der Waals surface area (Å²) in [6.07, 6.45) is -4.35. The Bertz CT molecular complexity index is 279. The van der Waals surface area contributed by atoms with Crippen LogP contribution in [-0.2, 0) is 6.54 Å². The highest BCUT2D eigenvalue weighted by atomic mass is 19.4. The Morgan fingerprint density at radius 1 is 1.58 bits per heavy atom. The maximum absolute atomic E-state index is 11.8. The molecule has 0 unspecified atom stereocenters. The molecule has 0 amide bonds. The van der Waals surface area contributed by atoms with Crippen molar-refractivity contribution in [2.45, 2.75) is 19.6 Å². The van der Waals surface area contributed by atoms with Crippen molar-refractivity contribution >= 4 is 0 Å². The van der Waals surface area contributed by atoms with E-state index in [4.69, 9.17) is 5.11 Å². The fourth-order valence-corrected chi connectivity index (χ4v) is 0.818. The third-order valence-corrected chi connectivity index (χ3v) is 1.21. The average molecular weight is 180 g/mol. The molecule has 1 aromatic heterocycles. The highest BCUT2D eigenvalue weighted by Gasteiger charge is 2.29. The zero-order chi connectivity index (χ0) is 9.35. The summed E-state index contributed by atoms with van der Waals surface area (Å²) in [5.41, 5.74) is 0.358. The molecule has 12 heavy (non-hydrogen) atoms. The number of hydrogen-bond donors (Lipinski definition) is 1. The summed E-state index contributed by atoms with van der Waals surface area (Å²) in [4.78, 5) is 0. The topological polar surface area (TPSA) is 38.0 Å². The van der Waals surface area contributed by atoms with Crippen LogP contribution in [0.1, 0.15) is 5.69 Å².